The van der Waals surface area contributed by atoms with Crippen LogP contribution in [0.25, 0.3) is 11.1 Å². The quantitative estimate of drug-likeness (QED) is 0.881. The van der Waals surface area contributed by atoms with E-state index in [1.54, 1.807) is 30.3 Å². The number of hydrogen-bond acceptors (Lipinski definition) is 3. The smallest absolute Gasteiger partial charge is 0.131 e. The summed E-state index contributed by atoms with van der Waals surface area (Å²) in [5.74, 6) is 0.197. The first-order valence-electron chi connectivity index (χ1n) is 7.74. The Hall–Kier alpha value is -1.91. The molecule has 0 radical (unpaired) electrons. The van der Waals surface area contributed by atoms with Crippen molar-refractivity contribution in [2.45, 2.75) is 32.5 Å². The van der Waals surface area contributed by atoms with E-state index in [0.717, 1.165) is 12.8 Å². The molecule has 1 atom stereocenters. The maximum Gasteiger partial charge on any atom is 0.131 e. The Balaban J connectivity index is 2.15. The van der Waals surface area contributed by atoms with Crippen LogP contribution in [0.3, 0.4) is 0 Å². The number of methoxy groups -OCH3 is 1. The zero-order valence-corrected chi connectivity index (χ0v) is 13.3. The minimum atomic E-state index is -0.686. The molecule has 0 bridgehead atoms. The van der Waals surface area contributed by atoms with Crippen molar-refractivity contribution in [3.05, 3.63) is 53.3 Å². The summed E-state index contributed by atoms with van der Waals surface area (Å²) < 4.78 is 19.5. The number of aliphatic hydroxyl groups is 2. The summed E-state index contributed by atoms with van der Waals surface area (Å²) in [5.41, 5.74) is 2.23. The fourth-order valence-corrected chi connectivity index (χ4v) is 2.87. The molecule has 0 spiro atoms. The summed E-state index contributed by atoms with van der Waals surface area (Å²) >= 11 is 0. The van der Waals surface area contributed by atoms with E-state index in [2.05, 4.69) is 0 Å². The van der Waals surface area contributed by atoms with Crippen LogP contribution in [0.4, 0.5) is 4.39 Å². The van der Waals surface area contributed by atoms with Gasteiger partial charge in [-0.15, -0.1) is 0 Å². The van der Waals surface area contributed by atoms with Gasteiger partial charge in [0.2, 0.25) is 0 Å². The number of hydrogen-bond donors (Lipinski definition) is 2. The highest BCUT2D eigenvalue weighted by Gasteiger charge is 2.45. The number of benzene rings is 2. The van der Waals surface area contributed by atoms with Gasteiger partial charge < -0.3 is 14.9 Å². The normalized spacial score (nSPS) is 16.9. The van der Waals surface area contributed by atoms with Crippen molar-refractivity contribution in [1.29, 1.82) is 0 Å². The first-order valence-corrected chi connectivity index (χ1v) is 7.74. The van der Waals surface area contributed by atoms with E-state index in [0.29, 0.717) is 28.0 Å². The maximum atomic E-state index is 14.3. The molecule has 23 heavy (non-hydrogen) atoms. The predicted molar refractivity (Wildman–Crippen MR) is 86.6 cm³/mol. The van der Waals surface area contributed by atoms with Crippen LogP contribution in [0.15, 0.2) is 36.4 Å². The van der Waals surface area contributed by atoms with Crippen LogP contribution in [0.1, 0.15) is 37.0 Å². The fourth-order valence-electron chi connectivity index (χ4n) is 2.87. The monoisotopic (exact) mass is 316 g/mol. The summed E-state index contributed by atoms with van der Waals surface area (Å²) in [6, 6.07) is 9.84. The summed E-state index contributed by atoms with van der Waals surface area (Å²) in [7, 11) is 1.53. The third-order valence-electron chi connectivity index (χ3n) is 4.76. The highest BCUT2D eigenvalue weighted by Crippen LogP contribution is 2.55. The van der Waals surface area contributed by atoms with Gasteiger partial charge >= 0.3 is 0 Å². The minimum absolute atomic E-state index is 0.114. The van der Waals surface area contributed by atoms with Crippen molar-refractivity contribution >= 4 is 0 Å². The van der Waals surface area contributed by atoms with E-state index < -0.39 is 6.10 Å². The molecule has 3 nitrogen and oxygen atoms in total. The predicted octanol–water partition coefficient (Wildman–Crippen LogP) is 3.83. The highest BCUT2D eigenvalue weighted by atomic mass is 19.1. The second-order valence-electron chi connectivity index (χ2n) is 6.48. The Labute approximate surface area is 135 Å². The van der Waals surface area contributed by atoms with Crippen LogP contribution >= 0.6 is 0 Å². The first kappa shape index (κ1) is 16.0. The van der Waals surface area contributed by atoms with E-state index in [4.69, 9.17) is 4.74 Å². The van der Waals surface area contributed by atoms with E-state index in [9.17, 15) is 14.6 Å². The molecule has 0 unspecified atom stereocenters. The third-order valence-corrected chi connectivity index (χ3v) is 4.76. The van der Waals surface area contributed by atoms with Crippen LogP contribution in [0.5, 0.6) is 5.75 Å². The topological polar surface area (TPSA) is 49.7 Å². The van der Waals surface area contributed by atoms with Crippen LogP contribution in [0, 0.1) is 11.2 Å². The van der Waals surface area contributed by atoms with Crippen molar-refractivity contribution in [3.63, 3.8) is 0 Å². The average molecular weight is 316 g/mol. The zero-order chi connectivity index (χ0) is 16.6. The lowest BCUT2D eigenvalue weighted by Gasteiger charge is -2.22. The Morgan fingerprint density at radius 3 is 2.52 bits per heavy atom. The SMILES string of the molecule is COc1ccc(F)c(-c2ccc(CO)cc2[C@H](O)C2(C)CC2)c1. The van der Waals surface area contributed by atoms with Crippen molar-refractivity contribution in [3.8, 4) is 16.9 Å². The summed E-state index contributed by atoms with van der Waals surface area (Å²) in [4.78, 5) is 0. The van der Waals surface area contributed by atoms with Gasteiger partial charge in [0.1, 0.15) is 11.6 Å². The molecule has 2 N–H and O–H groups in total. The van der Waals surface area contributed by atoms with Gasteiger partial charge in [-0.2, -0.15) is 0 Å². The second-order valence-corrected chi connectivity index (χ2v) is 6.48. The van der Waals surface area contributed by atoms with Crippen molar-refractivity contribution in [2.75, 3.05) is 7.11 Å². The van der Waals surface area contributed by atoms with Crippen LogP contribution < -0.4 is 4.74 Å². The minimum Gasteiger partial charge on any atom is -0.497 e. The van der Waals surface area contributed by atoms with Crippen molar-refractivity contribution < 1.29 is 19.3 Å². The molecule has 2 aromatic rings. The fraction of sp³-hybridized carbons (Fsp3) is 0.368. The Morgan fingerprint density at radius 1 is 1.17 bits per heavy atom. The van der Waals surface area contributed by atoms with Gasteiger partial charge in [0.25, 0.3) is 0 Å². The van der Waals surface area contributed by atoms with Crippen molar-refractivity contribution in [1.82, 2.24) is 0 Å². The van der Waals surface area contributed by atoms with E-state index in [1.165, 1.54) is 13.2 Å². The second kappa shape index (κ2) is 5.95. The average Bonchev–Trinajstić information content (AvgIpc) is 3.33. The van der Waals surface area contributed by atoms with E-state index >= 15 is 0 Å². The molecule has 0 heterocycles. The Morgan fingerprint density at radius 2 is 1.91 bits per heavy atom. The molecule has 1 aliphatic carbocycles. The molecular weight excluding hydrogens is 295 g/mol. The van der Waals surface area contributed by atoms with Crippen LogP contribution in [0.2, 0.25) is 0 Å². The molecule has 2 aromatic carbocycles. The standard InChI is InChI=1S/C19H21FO3/c1-19(7-8-19)18(22)16-9-12(11-21)3-5-14(16)15-10-13(23-2)4-6-17(15)20/h3-6,9-10,18,21-22H,7-8,11H2,1-2H3/t18-/m0/s1. The lowest BCUT2D eigenvalue weighted by molar-refractivity contribution is 0.104. The van der Waals surface area contributed by atoms with E-state index in [1.807, 2.05) is 6.92 Å². The maximum absolute atomic E-state index is 14.3. The number of ether oxygens (including phenoxy) is 1. The molecule has 0 amide bonds. The van der Waals surface area contributed by atoms with Gasteiger partial charge in [0.05, 0.1) is 19.8 Å². The largest absolute Gasteiger partial charge is 0.497 e. The Bertz CT molecular complexity index is 723. The molecule has 4 heteroatoms. The molecule has 122 valence electrons. The van der Waals surface area contributed by atoms with E-state index in [-0.39, 0.29) is 17.8 Å². The summed E-state index contributed by atoms with van der Waals surface area (Å²) in [6.45, 7) is 1.91. The number of rotatable bonds is 5. The number of aliphatic hydroxyl groups excluding tert-OH is 2. The molecule has 1 saturated carbocycles. The summed E-state index contributed by atoms with van der Waals surface area (Å²) in [6.07, 6.45) is 1.20. The van der Waals surface area contributed by atoms with Gasteiger partial charge in [-0.3, -0.25) is 0 Å². The molecular formula is C19H21FO3. The zero-order valence-electron chi connectivity index (χ0n) is 13.3. The molecule has 1 aliphatic rings. The molecule has 0 saturated heterocycles. The Kier molecular flexibility index (Phi) is 4.13. The molecule has 0 aromatic heterocycles. The lowest BCUT2D eigenvalue weighted by atomic mass is 9.87. The molecule has 0 aliphatic heterocycles. The molecule has 3 rings (SSSR count). The van der Waals surface area contributed by atoms with Crippen LogP contribution in [-0.2, 0) is 6.61 Å². The highest BCUT2D eigenvalue weighted by molar-refractivity contribution is 5.70. The van der Waals surface area contributed by atoms with Crippen LogP contribution in [-0.4, -0.2) is 17.3 Å². The lowest BCUT2D eigenvalue weighted by Crippen LogP contribution is -2.12. The van der Waals surface area contributed by atoms with Gasteiger partial charge in [0, 0.05) is 5.56 Å². The third kappa shape index (κ3) is 2.96. The van der Waals surface area contributed by atoms with Gasteiger partial charge in [-0.05, 0) is 53.1 Å². The van der Waals surface area contributed by atoms with Crippen molar-refractivity contribution in [2.24, 2.45) is 5.41 Å². The number of halogens is 1. The molecule has 1 fully saturated rings. The first-order chi connectivity index (χ1) is 11.0. The van der Waals surface area contributed by atoms with Gasteiger partial charge in [-0.1, -0.05) is 25.1 Å². The summed E-state index contributed by atoms with van der Waals surface area (Å²) in [5, 5.41) is 20.1. The van der Waals surface area contributed by atoms with Gasteiger partial charge in [-0.25, -0.2) is 4.39 Å². The van der Waals surface area contributed by atoms with Gasteiger partial charge in [0.15, 0.2) is 0 Å².